The molecular formula is C13H16F4N2O. The largest absolute Gasteiger partial charge is 0.388 e. The topological polar surface area (TPSA) is 45.1 Å². The lowest BCUT2D eigenvalue weighted by molar-refractivity contribution is 0.00489. The van der Waals surface area contributed by atoms with Gasteiger partial charge in [-0.3, -0.25) is 0 Å². The van der Waals surface area contributed by atoms with Crippen LogP contribution >= 0.6 is 0 Å². The van der Waals surface area contributed by atoms with Gasteiger partial charge in [-0.1, -0.05) is 6.92 Å². The summed E-state index contributed by atoms with van der Waals surface area (Å²) in [5.41, 5.74) is -2.05. The van der Waals surface area contributed by atoms with Gasteiger partial charge in [-0.2, -0.15) is 22.5 Å². The first-order chi connectivity index (χ1) is 9.32. The van der Waals surface area contributed by atoms with Crippen LogP contribution in [-0.2, 0) is 0 Å². The predicted molar refractivity (Wildman–Crippen MR) is 65.1 cm³/mol. The highest BCUT2D eigenvalue weighted by Gasteiger charge is 2.32. The molecule has 2 rings (SSSR count). The number of hydrogen-bond donors (Lipinski definition) is 2. The highest BCUT2D eigenvalue weighted by atomic mass is 19.2. The first-order valence-corrected chi connectivity index (χ1v) is 6.48. The molecule has 0 spiro atoms. The lowest BCUT2D eigenvalue weighted by Crippen LogP contribution is -2.40. The number of aliphatic hydroxyl groups is 1. The molecule has 3 nitrogen and oxygen atoms in total. The third-order valence-electron chi connectivity index (χ3n) is 3.80. The third kappa shape index (κ3) is 3.03. The van der Waals surface area contributed by atoms with Gasteiger partial charge >= 0.3 is 0 Å². The second-order valence-corrected chi connectivity index (χ2v) is 5.46. The molecule has 0 atom stereocenters. The van der Waals surface area contributed by atoms with Crippen LogP contribution in [0.1, 0.15) is 32.6 Å². The minimum Gasteiger partial charge on any atom is -0.388 e. The highest BCUT2D eigenvalue weighted by molar-refractivity contribution is 5.45. The second-order valence-electron chi connectivity index (χ2n) is 5.46. The lowest BCUT2D eigenvalue weighted by Gasteiger charge is -2.35. The Balaban J connectivity index is 2.11. The lowest BCUT2D eigenvalue weighted by atomic mass is 9.79. The fourth-order valence-corrected chi connectivity index (χ4v) is 2.37. The Morgan fingerprint density at radius 1 is 1.15 bits per heavy atom. The van der Waals surface area contributed by atoms with E-state index >= 15 is 0 Å². The molecule has 1 aromatic rings. The van der Waals surface area contributed by atoms with Crippen molar-refractivity contribution in [2.24, 2.45) is 5.92 Å². The number of anilines is 1. The molecule has 1 aromatic heterocycles. The molecule has 0 aliphatic heterocycles. The molecule has 2 N–H and O–H groups in total. The standard InChI is InChI=1S/C13H16F4N2O/c1-7-2-4-13(20,5-3-7)6-18-10-8(14)11(16)19-12(17)9(10)15/h7,20H,2-6H2,1H3,(H,18,19). The van der Waals surface area contributed by atoms with Gasteiger partial charge < -0.3 is 10.4 Å². The van der Waals surface area contributed by atoms with Crippen LogP contribution in [0.2, 0.25) is 0 Å². The molecular weight excluding hydrogens is 276 g/mol. The molecule has 0 aromatic carbocycles. The van der Waals surface area contributed by atoms with E-state index in [1.165, 1.54) is 0 Å². The van der Waals surface area contributed by atoms with E-state index in [-0.39, 0.29) is 6.54 Å². The number of halogens is 4. The van der Waals surface area contributed by atoms with Gasteiger partial charge in [0.1, 0.15) is 5.69 Å². The monoisotopic (exact) mass is 292 g/mol. The van der Waals surface area contributed by atoms with Crippen molar-refractivity contribution in [3.8, 4) is 0 Å². The Bertz CT molecular complexity index is 475. The molecule has 0 amide bonds. The maximum absolute atomic E-state index is 13.4. The summed E-state index contributed by atoms with van der Waals surface area (Å²) in [6.45, 7) is 1.89. The zero-order valence-corrected chi connectivity index (χ0v) is 11.0. The molecule has 0 unspecified atom stereocenters. The summed E-state index contributed by atoms with van der Waals surface area (Å²) in [5.74, 6) is -6.11. The number of pyridine rings is 1. The molecule has 1 aliphatic carbocycles. The maximum Gasteiger partial charge on any atom is 0.253 e. The Morgan fingerprint density at radius 3 is 2.15 bits per heavy atom. The fourth-order valence-electron chi connectivity index (χ4n) is 2.37. The van der Waals surface area contributed by atoms with Gasteiger partial charge in [-0.05, 0) is 31.6 Å². The molecule has 7 heteroatoms. The average molecular weight is 292 g/mol. The molecule has 0 bridgehead atoms. The van der Waals surface area contributed by atoms with Crippen molar-refractivity contribution < 1.29 is 22.7 Å². The van der Waals surface area contributed by atoms with Crippen LogP contribution in [0.5, 0.6) is 0 Å². The summed E-state index contributed by atoms with van der Waals surface area (Å²) in [5, 5.41) is 12.5. The molecule has 1 aliphatic rings. The zero-order valence-electron chi connectivity index (χ0n) is 11.0. The average Bonchev–Trinajstić information content (AvgIpc) is 2.40. The van der Waals surface area contributed by atoms with Crippen molar-refractivity contribution >= 4 is 5.69 Å². The van der Waals surface area contributed by atoms with Gasteiger partial charge in [0, 0.05) is 6.54 Å². The van der Waals surface area contributed by atoms with Crippen molar-refractivity contribution in [3.63, 3.8) is 0 Å². The molecule has 112 valence electrons. The van der Waals surface area contributed by atoms with Crippen molar-refractivity contribution in [2.75, 3.05) is 11.9 Å². The summed E-state index contributed by atoms with van der Waals surface area (Å²) in [7, 11) is 0. The van der Waals surface area contributed by atoms with E-state index in [4.69, 9.17) is 0 Å². The number of hydrogen-bond acceptors (Lipinski definition) is 3. The van der Waals surface area contributed by atoms with Gasteiger partial charge in [0.25, 0.3) is 11.9 Å². The predicted octanol–water partition coefficient (Wildman–Crippen LogP) is 2.99. The van der Waals surface area contributed by atoms with Crippen LogP contribution in [0, 0.1) is 29.4 Å². The first-order valence-electron chi connectivity index (χ1n) is 6.48. The van der Waals surface area contributed by atoms with Crippen LogP contribution in [0.3, 0.4) is 0 Å². The normalized spacial score (nSPS) is 26.6. The highest BCUT2D eigenvalue weighted by Crippen LogP contribution is 2.32. The van der Waals surface area contributed by atoms with Crippen LogP contribution < -0.4 is 5.32 Å². The molecule has 0 radical (unpaired) electrons. The van der Waals surface area contributed by atoms with Crippen LogP contribution in [-0.4, -0.2) is 22.2 Å². The smallest absolute Gasteiger partial charge is 0.253 e. The van der Waals surface area contributed by atoms with Crippen LogP contribution in [0.4, 0.5) is 23.2 Å². The van der Waals surface area contributed by atoms with Gasteiger partial charge in [0.2, 0.25) is 11.6 Å². The molecule has 1 saturated carbocycles. The Kier molecular flexibility index (Phi) is 4.17. The van der Waals surface area contributed by atoms with Crippen molar-refractivity contribution in [1.29, 1.82) is 0 Å². The summed E-state index contributed by atoms with van der Waals surface area (Å²) < 4.78 is 52.7. The van der Waals surface area contributed by atoms with E-state index in [0.717, 1.165) is 12.8 Å². The quantitative estimate of drug-likeness (QED) is 0.665. The molecule has 20 heavy (non-hydrogen) atoms. The van der Waals surface area contributed by atoms with E-state index < -0.39 is 34.8 Å². The van der Waals surface area contributed by atoms with E-state index in [0.29, 0.717) is 18.8 Å². The fraction of sp³-hybridized carbons (Fsp3) is 0.615. The molecule has 1 fully saturated rings. The van der Waals surface area contributed by atoms with Crippen molar-refractivity contribution in [2.45, 2.75) is 38.2 Å². The van der Waals surface area contributed by atoms with Crippen LogP contribution in [0.15, 0.2) is 0 Å². The van der Waals surface area contributed by atoms with E-state index in [1.807, 2.05) is 0 Å². The van der Waals surface area contributed by atoms with Crippen molar-refractivity contribution in [1.82, 2.24) is 4.98 Å². The zero-order chi connectivity index (χ0) is 14.9. The van der Waals surface area contributed by atoms with Gasteiger partial charge in [0.05, 0.1) is 5.60 Å². The van der Waals surface area contributed by atoms with Crippen LogP contribution in [0.25, 0.3) is 0 Å². The number of aromatic nitrogens is 1. The number of nitrogens with one attached hydrogen (secondary N) is 1. The first kappa shape index (κ1) is 15.0. The third-order valence-corrected chi connectivity index (χ3v) is 3.80. The van der Waals surface area contributed by atoms with Gasteiger partial charge in [0.15, 0.2) is 0 Å². The summed E-state index contributed by atoms with van der Waals surface area (Å²) >= 11 is 0. The maximum atomic E-state index is 13.4. The minimum absolute atomic E-state index is 0.170. The Labute approximate surface area is 114 Å². The van der Waals surface area contributed by atoms with Gasteiger partial charge in [-0.25, -0.2) is 0 Å². The van der Waals surface area contributed by atoms with E-state index in [1.54, 1.807) is 0 Å². The van der Waals surface area contributed by atoms with Gasteiger partial charge in [-0.15, -0.1) is 0 Å². The van der Waals surface area contributed by atoms with E-state index in [9.17, 15) is 22.7 Å². The second kappa shape index (κ2) is 5.55. The summed E-state index contributed by atoms with van der Waals surface area (Å²) in [6.07, 6.45) is 2.53. The van der Waals surface area contributed by atoms with Crippen molar-refractivity contribution in [3.05, 3.63) is 23.5 Å². The summed E-state index contributed by atoms with van der Waals surface area (Å²) in [6, 6.07) is 0. The SMILES string of the molecule is CC1CCC(O)(CNc2c(F)c(F)nc(F)c2F)CC1. The Morgan fingerprint density at radius 2 is 1.65 bits per heavy atom. The minimum atomic E-state index is -1.71. The Hall–Kier alpha value is -1.37. The molecule has 0 saturated heterocycles. The summed E-state index contributed by atoms with van der Waals surface area (Å²) in [4.78, 5) is 2.47. The molecule has 1 heterocycles. The number of nitrogens with zero attached hydrogens (tertiary/aromatic N) is 1. The van der Waals surface area contributed by atoms with E-state index in [2.05, 4.69) is 17.2 Å². The number of rotatable bonds is 3.